The fourth-order valence-corrected chi connectivity index (χ4v) is 2.48. The van der Waals surface area contributed by atoms with Gasteiger partial charge < -0.3 is 11.1 Å². The van der Waals surface area contributed by atoms with Crippen molar-refractivity contribution in [1.29, 1.82) is 0 Å². The van der Waals surface area contributed by atoms with Crippen LogP contribution < -0.4 is 11.1 Å². The second kappa shape index (κ2) is 5.00. The maximum atomic E-state index is 13.8. The number of hydrogen-bond donors (Lipinski definition) is 2. The molecule has 1 saturated carbocycles. The molecule has 0 bridgehead atoms. The molecule has 0 radical (unpaired) electrons. The zero-order valence-corrected chi connectivity index (χ0v) is 9.97. The number of nitrogens with one attached hydrogen (secondary N) is 1. The minimum absolute atomic E-state index is 0.00431. The van der Waals surface area contributed by atoms with Crippen molar-refractivity contribution in [3.63, 3.8) is 0 Å². The predicted octanol–water partition coefficient (Wildman–Crippen LogP) is 2.81. The standard InChI is InChI=1S/C13H18F2N2/c1-8-5-6-10(14)13(12(8)15)17-11-4-2-3-9(11)7-16/h5-6,9,11,17H,2-4,7,16H2,1H3. The molecule has 0 aromatic heterocycles. The molecule has 1 aromatic rings. The van der Waals surface area contributed by atoms with Crippen LogP contribution in [0.5, 0.6) is 0 Å². The van der Waals surface area contributed by atoms with E-state index in [0.717, 1.165) is 19.3 Å². The topological polar surface area (TPSA) is 38.0 Å². The summed E-state index contributed by atoms with van der Waals surface area (Å²) < 4.78 is 27.4. The van der Waals surface area contributed by atoms with Crippen molar-refractivity contribution < 1.29 is 8.78 Å². The molecule has 17 heavy (non-hydrogen) atoms. The highest BCUT2D eigenvalue weighted by atomic mass is 19.1. The Morgan fingerprint density at radius 1 is 1.35 bits per heavy atom. The molecule has 2 nitrogen and oxygen atoms in total. The van der Waals surface area contributed by atoms with E-state index in [1.165, 1.54) is 12.1 Å². The van der Waals surface area contributed by atoms with E-state index in [0.29, 0.717) is 18.0 Å². The molecule has 2 unspecified atom stereocenters. The Kier molecular flexibility index (Phi) is 3.62. The number of anilines is 1. The largest absolute Gasteiger partial charge is 0.377 e. The van der Waals surface area contributed by atoms with Gasteiger partial charge in [-0.25, -0.2) is 8.78 Å². The van der Waals surface area contributed by atoms with Crippen LogP contribution in [0.4, 0.5) is 14.5 Å². The molecule has 0 saturated heterocycles. The van der Waals surface area contributed by atoms with Crippen molar-refractivity contribution in [1.82, 2.24) is 0 Å². The molecule has 1 aliphatic rings. The van der Waals surface area contributed by atoms with Crippen LogP contribution >= 0.6 is 0 Å². The van der Waals surface area contributed by atoms with Crippen LogP contribution in [0, 0.1) is 24.5 Å². The van der Waals surface area contributed by atoms with Gasteiger partial charge in [0, 0.05) is 6.04 Å². The highest BCUT2D eigenvalue weighted by Crippen LogP contribution is 2.30. The molecule has 0 aliphatic heterocycles. The van der Waals surface area contributed by atoms with Gasteiger partial charge in [-0.05, 0) is 43.9 Å². The number of halogens is 2. The fourth-order valence-electron chi connectivity index (χ4n) is 2.48. The van der Waals surface area contributed by atoms with Gasteiger partial charge in [0.05, 0.1) is 0 Å². The number of aryl methyl sites for hydroxylation is 1. The summed E-state index contributed by atoms with van der Waals surface area (Å²) in [7, 11) is 0. The summed E-state index contributed by atoms with van der Waals surface area (Å²) in [4.78, 5) is 0. The van der Waals surface area contributed by atoms with E-state index in [2.05, 4.69) is 5.32 Å². The van der Waals surface area contributed by atoms with Crippen molar-refractivity contribution in [3.05, 3.63) is 29.3 Å². The van der Waals surface area contributed by atoms with Crippen molar-refractivity contribution >= 4 is 5.69 Å². The van der Waals surface area contributed by atoms with Crippen LogP contribution in [0.15, 0.2) is 12.1 Å². The van der Waals surface area contributed by atoms with Crippen molar-refractivity contribution in [2.24, 2.45) is 11.7 Å². The Bertz CT molecular complexity index is 407. The van der Waals surface area contributed by atoms with Gasteiger partial charge in [-0.1, -0.05) is 12.5 Å². The zero-order valence-electron chi connectivity index (χ0n) is 9.97. The smallest absolute Gasteiger partial charge is 0.152 e. The molecule has 0 heterocycles. The predicted molar refractivity (Wildman–Crippen MR) is 64.9 cm³/mol. The molecule has 2 rings (SSSR count). The molecule has 0 amide bonds. The summed E-state index contributed by atoms with van der Waals surface area (Å²) in [6, 6.07) is 2.84. The van der Waals surface area contributed by atoms with Crippen molar-refractivity contribution in [2.45, 2.75) is 32.2 Å². The normalized spacial score (nSPS) is 24.0. The number of benzene rings is 1. The highest BCUT2D eigenvalue weighted by molar-refractivity contribution is 5.50. The lowest BCUT2D eigenvalue weighted by Gasteiger charge is -2.21. The first-order chi connectivity index (χ1) is 8.13. The SMILES string of the molecule is Cc1ccc(F)c(NC2CCCC2CN)c1F. The maximum absolute atomic E-state index is 13.8. The molecular weight excluding hydrogens is 222 g/mol. The van der Waals surface area contributed by atoms with Crippen LogP contribution in [0.1, 0.15) is 24.8 Å². The number of rotatable bonds is 3. The van der Waals surface area contributed by atoms with Gasteiger partial charge in [0.15, 0.2) is 5.82 Å². The molecular formula is C13H18F2N2. The molecule has 94 valence electrons. The Balaban J connectivity index is 2.21. The summed E-state index contributed by atoms with van der Waals surface area (Å²) in [6.45, 7) is 2.20. The minimum Gasteiger partial charge on any atom is -0.377 e. The Morgan fingerprint density at radius 3 is 2.82 bits per heavy atom. The third kappa shape index (κ3) is 2.41. The lowest BCUT2D eigenvalue weighted by atomic mass is 10.0. The fraction of sp³-hybridized carbons (Fsp3) is 0.538. The third-order valence-corrected chi connectivity index (χ3v) is 3.58. The van der Waals surface area contributed by atoms with Crippen molar-refractivity contribution in [2.75, 3.05) is 11.9 Å². The van der Waals surface area contributed by atoms with Crippen LogP contribution in [0.2, 0.25) is 0 Å². The van der Waals surface area contributed by atoms with Gasteiger partial charge in [0.25, 0.3) is 0 Å². The Hall–Kier alpha value is -1.16. The van der Waals surface area contributed by atoms with Crippen LogP contribution in [-0.2, 0) is 0 Å². The lowest BCUT2D eigenvalue weighted by molar-refractivity contribution is 0.506. The molecule has 4 heteroatoms. The van der Waals surface area contributed by atoms with Crippen LogP contribution in [-0.4, -0.2) is 12.6 Å². The molecule has 1 aromatic carbocycles. The first kappa shape index (κ1) is 12.3. The highest BCUT2D eigenvalue weighted by Gasteiger charge is 2.27. The van der Waals surface area contributed by atoms with Crippen LogP contribution in [0.3, 0.4) is 0 Å². The van der Waals surface area contributed by atoms with Crippen LogP contribution in [0.25, 0.3) is 0 Å². The average Bonchev–Trinajstić information content (AvgIpc) is 2.77. The van der Waals surface area contributed by atoms with E-state index in [9.17, 15) is 8.78 Å². The minimum atomic E-state index is -0.532. The summed E-state index contributed by atoms with van der Waals surface area (Å²) in [5.74, 6) is -0.710. The van der Waals surface area contributed by atoms with Gasteiger partial charge in [0.1, 0.15) is 11.5 Å². The lowest BCUT2D eigenvalue weighted by Crippen LogP contribution is -2.30. The van der Waals surface area contributed by atoms with E-state index < -0.39 is 11.6 Å². The molecule has 1 fully saturated rings. The first-order valence-corrected chi connectivity index (χ1v) is 6.04. The molecule has 0 spiro atoms. The second-order valence-corrected chi connectivity index (χ2v) is 4.73. The Labute approximate surface area is 100 Å². The quantitative estimate of drug-likeness (QED) is 0.852. The first-order valence-electron chi connectivity index (χ1n) is 6.04. The Morgan fingerprint density at radius 2 is 2.12 bits per heavy atom. The maximum Gasteiger partial charge on any atom is 0.152 e. The van der Waals surface area contributed by atoms with Gasteiger partial charge in [-0.15, -0.1) is 0 Å². The van der Waals surface area contributed by atoms with Crippen molar-refractivity contribution in [3.8, 4) is 0 Å². The summed E-state index contributed by atoms with van der Waals surface area (Å²) in [5.41, 5.74) is 6.11. The molecule has 3 N–H and O–H groups in total. The van der Waals surface area contributed by atoms with E-state index in [1.807, 2.05) is 0 Å². The molecule has 1 aliphatic carbocycles. The average molecular weight is 240 g/mol. The van der Waals surface area contributed by atoms with Gasteiger partial charge >= 0.3 is 0 Å². The van der Waals surface area contributed by atoms with E-state index in [4.69, 9.17) is 5.73 Å². The zero-order chi connectivity index (χ0) is 12.4. The third-order valence-electron chi connectivity index (χ3n) is 3.58. The summed E-state index contributed by atoms with van der Waals surface area (Å²) >= 11 is 0. The number of nitrogens with two attached hydrogens (primary N) is 1. The number of hydrogen-bond acceptors (Lipinski definition) is 2. The summed E-state index contributed by atoms with van der Waals surface area (Å²) in [5, 5.41) is 2.99. The molecule has 2 atom stereocenters. The van der Waals surface area contributed by atoms with E-state index in [1.54, 1.807) is 6.92 Å². The monoisotopic (exact) mass is 240 g/mol. The summed E-state index contributed by atoms with van der Waals surface area (Å²) in [6.07, 6.45) is 3.02. The van der Waals surface area contributed by atoms with Gasteiger partial charge in [0.2, 0.25) is 0 Å². The second-order valence-electron chi connectivity index (χ2n) is 4.73. The van der Waals surface area contributed by atoms with Gasteiger partial charge in [-0.3, -0.25) is 0 Å². The van der Waals surface area contributed by atoms with E-state index >= 15 is 0 Å². The van der Waals surface area contributed by atoms with E-state index in [-0.39, 0.29) is 11.7 Å². The van der Waals surface area contributed by atoms with Gasteiger partial charge in [-0.2, -0.15) is 0 Å².